The summed E-state index contributed by atoms with van der Waals surface area (Å²) in [4.78, 5) is 0. The van der Waals surface area contributed by atoms with Crippen LogP contribution in [0.1, 0.15) is 22.3 Å². The molecule has 21 heavy (non-hydrogen) atoms. The standard InChI is InChI=1S/C20H11N/c1-2-10-8-12-4-6-14-20-18(12)16(10)15-9(1)7-11-3-5-13(21-14)19(20)17(11)15/h1-6,21H,7-8H2/p+1. The van der Waals surface area contributed by atoms with Crippen LogP contribution in [0.15, 0.2) is 36.4 Å². The molecule has 1 heteroatoms. The molecule has 4 aromatic rings. The highest BCUT2D eigenvalue weighted by molar-refractivity contribution is 6.35. The molecule has 0 aromatic heterocycles. The molecular weight excluding hydrogens is 254 g/mol. The summed E-state index contributed by atoms with van der Waals surface area (Å²) in [6, 6.07) is 14.1. The van der Waals surface area contributed by atoms with Crippen LogP contribution in [-0.2, 0) is 12.8 Å². The lowest BCUT2D eigenvalue weighted by atomic mass is 9.95. The lowest BCUT2D eigenvalue weighted by Gasteiger charge is -2.06. The van der Waals surface area contributed by atoms with Crippen LogP contribution in [0, 0.1) is 0 Å². The van der Waals surface area contributed by atoms with Gasteiger partial charge in [-0.05, 0) is 45.9 Å². The summed E-state index contributed by atoms with van der Waals surface area (Å²) in [6.07, 6.45) is 2.23. The highest BCUT2D eigenvalue weighted by Gasteiger charge is 2.33. The predicted octanol–water partition coefficient (Wildman–Crippen LogP) is 3.79. The Morgan fingerprint density at radius 1 is 0.476 bits per heavy atom. The molecule has 4 aromatic carbocycles. The normalized spacial score (nSPS) is 16.0. The predicted molar refractivity (Wildman–Crippen MR) is 85.8 cm³/mol. The van der Waals surface area contributed by atoms with Gasteiger partial charge in [0.25, 0.3) is 0 Å². The van der Waals surface area contributed by atoms with Crippen LogP contribution in [0.2, 0.25) is 0 Å². The van der Waals surface area contributed by atoms with Crippen LogP contribution in [0.3, 0.4) is 0 Å². The molecule has 0 spiro atoms. The van der Waals surface area contributed by atoms with E-state index in [2.05, 4.69) is 41.7 Å². The Kier molecular flexibility index (Phi) is 1.22. The first kappa shape index (κ1) is 9.54. The van der Waals surface area contributed by atoms with Crippen molar-refractivity contribution in [3.8, 4) is 0 Å². The van der Waals surface area contributed by atoms with Gasteiger partial charge in [0.2, 0.25) is 0 Å². The van der Waals surface area contributed by atoms with E-state index in [9.17, 15) is 0 Å². The summed E-state index contributed by atoms with van der Waals surface area (Å²) in [6.45, 7) is 0. The minimum atomic E-state index is 1.11. The number of hydrogen-bond donors (Lipinski definition) is 1. The summed E-state index contributed by atoms with van der Waals surface area (Å²) in [7, 11) is 0. The van der Waals surface area contributed by atoms with Crippen molar-refractivity contribution in [1.29, 1.82) is 0 Å². The molecule has 3 aliphatic rings. The molecule has 0 amide bonds. The molecule has 0 atom stereocenters. The van der Waals surface area contributed by atoms with E-state index in [-0.39, 0.29) is 0 Å². The van der Waals surface area contributed by atoms with Crippen molar-refractivity contribution in [3.05, 3.63) is 58.7 Å². The molecule has 1 nitrogen and oxygen atoms in total. The van der Waals surface area contributed by atoms with Crippen molar-refractivity contribution in [1.82, 2.24) is 0 Å². The van der Waals surface area contributed by atoms with Gasteiger partial charge in [0.05, 0.1) is 10.8 Å². The van der Waals surface area contributed by atoms with Gasteiger partial charge in [-0.25, -0.2) is 0 Å². The van der Waals surface area contributed by atoms with Gasteiger partial charge >= 0.3 is 0 Å². The van der Waals surface area contributed by atoms with Crippen LogP contribution in [0.25, 0.3) is 32.3 Å². The molecule has 0 fully saturated rings. The van der Waals surface area contributed by atoms with Crippen molar-refractivity contribution in [2.24, 2.45) is 0 Å². The Morgan fingerprint density at radius 3 is 1.33 bits per heavy atom. The van der Waals surface area contributed by atoms with E-state index in [0.717, 1.165) is 12.8 Å². The quantitative estimate of drug-likeness (QED) is 0.318. The third-order valence-electron chi connectivity index (χ3n) is 5.85. The molecule has 1 aliphatic heterocycles. The van der Waals surface area contributed by atoms with Gasteiger partial charge in [-0.2, -0.15) is 0 Å². The second-order valence-corrected chi connectivity index (χ2v) is 6.76. The molecule has 0 saturated heterocycles. The highest BCUT2D eigenvalue weighted by atomic mass is 14.9. The molecule has 0 unspecified atom stereocenters. The van der Waals surface area contributed by atoms with Crippen LogP contribution in [0.4, 0.5) is 11.4 Å². The number of benzene rings is 4. The Hall–Kier alpha value is -2.38. The molecular formula is C20H12N+. The summed E-state index contributed by atoms with van der Waals surface area (Å²) in [5.74, 6) is 0. The maximum atomic E-state index is 2.38. The maximum absolute atomic E-state index is 2.38. The molecule has 2 aliphatic carbocycles. The lowest BCUT2D eigenvalue weighted by Crippen LogP contribution is -2.69. The maximum Gasteiger partial charge on any atom is 0.143 e. The first-order chi connectivity index (χ1) is 10.4. The summed E-state index contributed by atoms with van der Waals surface area (Å²) >= 11 is 0. The Balaban J connectivity index is 2.04. The van der Waals surface area contributed by atoms with Crippen LogP contribution in [0.5, 0.6) is 0 Å². The minimum absolute atomic E-state index is 1.11. The van der Waals surface area contributed by atoms with Crippen molar-refractivity contribution in [3.63, 3.8) is 0 Å². The van der Waals surface area contributed by atoms with Gasteiger partial charge in [-0.1, -0.05) is 24.3 Å². The fourth-order valence-corrected chi connectivity index (χ4v) is 5.10. The third kappa shape index (κ3) is 0.815. The molecule has 96 valence electrons. The van der Waals surface area contributed by atoms with Gasteiger partial charge in [-0.3, -0.25) is 5.32 Å². The SMILES string of the molecule is c1cc2c3c4c1Cc1ccc5c(c14)c1c(ccc(c31)C2)[NH2+]5. The number of hydrogen-bond acceptors (Lipinski definition) is 0. The van der Waals surface area contributed by atoms with E-state index < -0.39 is 0 Å². The number of quaternary nitrogens is 1. The zero-order valence-corrected chi connectivity index (χ0v) is 11.5. The second kappa shape index (κ2) is 2.68. The Labute approximate surface area is 121 Å². The molecule has 0 saturated carbocycles. The lowest BCUT2D eigenvalue weighted by molar-refractivity contribution is -0.472. The van der Waals surface area contributed by atoms with E-state index in [4.69, 9.17) is 0 Å². The van der Waals surface area contributed by atoms with Crippen molar-refractivity contribution >= 4 is 43.7 Å². The van der Waals surface area contributed by atoms with Gasteiger partial charge in [0, 0.05) is 22.9 Å². The van der Waals surface area contributed by atoms with Crippen LogP contribution < -0.4 is 5.32 Å². The van der Waals surface area contributed by atoms with E-state index >= 15 is 0 Å². The Bertz CT molecular complexity index is 926. The van der Waals surface area contributed by atoms with E-state index in [0.29, 0.717) is 0 Å². The third-order valence-corrected chi connectivity index (χ3v) is 5.85. The topological polar surface area (TPSA) is 16.6 Å². The molecule has 7 rings (SSSR count). The van der Waals surface area contributed by atoms with E-state index in [1.165, 1.54) is 44.4 Å². The van der Waals surface area contributed by atoms with Crippen molar-refractivity contribution < 1.29 is 5.32 Å². The monoisotopic (exact) mass is 266 g/mol. The molecule has 2 N–H and O–H groups in total. The van der Waals surface area contributed by atoms with Crippen LogP contribution >= 0.6 is 0 Å². The summed E-state index contributed by atoms with van der Waals surface area (Å²) in [5, 5.41) is 11.7. The smallest absolute Gasteiger partial charge is 0.143 e. The summed E-state index contributed by atoms with van der Waals surface area (Å²) in [5.41, 5.74) is 8.98. The van der Waals surface area contributed by atoms with Gasteiger partial charge in [-0.15, -0.1) is 0 Å². The number of nitrogens with two attached hydrogens (primary N) is 1. The fraction of sp³-hybridized carbons (Fsp3) is 0.100. The average molecular weight is 266 g/mol. The van der Waals surface area contributed by atoms with Gasteiger partial charge in [0.1, 0.15) is 11.4 Å². The first-order valence-corrected chi connectivity index (χ1v) is 7.72. The van der Waals surface area contributed by atoms with E-state index in [1.54, 1.807) is 21.5 Å². The zero-order valence-electron chi connectivity index (χ0n) is 11.5. The highest BCUT2D eigenvalue weighted by Crippen LogP contribution is 2.52. The second-order valence-electron chi connectivity index (χ2n) is 6.76. The van der Waals surface area contributed by atoms with Crippen molar-refractivity contribution in [2.75, 3.05) is 0 Å². The van der Waals surface area contributed by atoms with E-state index in [1.807, 2.05) is 0 Å². The van der Waals surface area contributed by atoms with Crippen molar-refractivity contribution in [2.45, 2.75) is 12.8 Å². The number of rotatable bonds is 0. The molecule has 0 radical (unpaired) electrons. The largest absolute Gasteiger partial charge is 0.280 e. The average Bonchev–Trinajstić information content (AvgIpc) is 3.14. The van der Waals surface area contributed by atoms with Crippen LogP contribution in [-0.4, -0.2) is 0 Å². The Morgan fingerprint density at radius 2 is 0.857 bits per heavy atom. The summed E-state index contributed by atoms with van der Waals surface area (Å²) < 4.78 is 0. The zero-order chi connectivity index (χ0) is 13.3. The fourth-order valence-electron chi connectivity index (χ4n) is 5.10. The van der Waals surface area contributed by atoms with Gasteiger partial charge in [0.15, 0.2) is 0 Å². The molecule has 1 heterocycles. The molecule has 0 bridgehead atoms. The van der Waals surface area contributed by atoms with Gasteiger partial charge < -0.3 is 0 Å². The minimum Gasteiger partial charge on any atom is -0.280 e. The first-order valence-electron chi connectivity index (χ1n) is 7.72.